The van der Waals surface area contributed by atoms with Crippen molar-refractivity contribution in [2.45, 2.75) is 6.92 Å². The third-order valence-corrected chi connectivity index (χ3v) is 2.55. The molecule has 0 saturated heterocycles. The molecule has 0 radical (unpaired) electrons. The van der Waals surface area contributed by atoms with Crippen LogP contribution in [0.1, 0.15) is 5.56 Å². The fraction of sp³-hybridized carbons (Fsp3) is 0.0769. The van der Waals surface area contributed by atoms with Gasteiger partial charge in [-0.05, 0) is 30.7 Å². The predicted octanol–water partition coefficient (Wildman–Crippen LogP) is 3.37. The van der Waals surface area contributed by atoms with Crippen molar-refractivity contribution in [1.82, 2.24) is 0 Å². The second-order valence-electron chi connectivity index (χ2n) is 4.18. The van der Waals surface area contributed by atoms with Crippen LogP contribution in [-0.2, 0) is 0 Å². The van der Waals surface area contributed by atoms with Crippen LogP contribution in [0, 0.1) is 22.9 Å². The maximum Gasteiger partial charge on any atom is 0.273 e. The van der Waals surface area contributed by atoms with Crippen LogP contribution < -0.4 is 11.1 Å². The molecule has 2 aromatic rings. The lowest BCUT2D eigenvalue weighted by Crippen LogP contribution is -1.98. The molecule has 0 aliphatic carbocycles. The zero-order valence-electron chi connectivity index (χ0n) is 10.2. The minimum absolute atomic E-state index is 0.144. The van der Waals surface area contributed by atoms with E-state index in [9.17, 15) is 14.5 Å². The fourth-order valence-corrected chi connectivity index (χ4v) is 1.69. The van der Waals surface area contributed by atoms with Crippen molar-refractivity contribution in [3.63, 3.8) is 0 Å². The summed E-state index contributed by atoms with van der Waals surface area (Å²) in [5, 5.41) is 13.5. The van der Waals surface area contributed by atoms with E-state index in [1.165, 1.54) is 24.3 Å². The molecule has 0 aliphatic rings. The Hall–Kier alpha value is -2.63. The van der Waals surface area contributed by atoms with Gasteiger partial charge in [0.25, 0.3) is 5.69 Å². The molecule has 0 saturated carbocycles. The van der Waals surface area contributed by atoms with Gasteiger partial charge in [-0.3, -0.25) is 10.1 Å². The highest BCUT2D eigenvalue weighted by Gasteiger charge is 2.10. The third-order valence-electron chi connectivity index (χ3n) is 2.55. The highest BCUT2D eigenvalue weighted by molar-refractivity contribution is 5.68. The summed E-state index contributed by atoms with van der Waals surface area (Å²) in [6.45, 7) is 1.78. The maximum absolute atomic E-state index is 13.7. The molecule has 0 spiro atoms. The molecule has 2 aromatic carbocycles. The summed E-state index contributed by atoms with van der Waals surface area (Å²) in [6, 6.07) is 8.74. The van der Waals surface area contributed by atoms with E-state index in [-0.39, 0.29) is 17.1 Å². The van der Waals surface area contributed by atoms with Crippen molar-refractivity contribution in [3.05, 3.63) is 57.9 Å². The van der Waals surface area contributed by atoms with Gasteiger partial charge in [-0.2, -0.15) is 0 Å². The number of benzene rings is 2. The smallest absolute Gasteiger partial charge is 0.273 e. The molecular weight excluding hydrogens is 249 g/mol. The van der Waals surface area contributed by atoms with Crippen LogP contribution in [0.2, 0.25) is 0 Å². The number of halogens is 1. The van der Waals surface area contributed by atoms with Gasteiger partial charge in [0.1, 0.15) is 5.82 Å². The van der Waals surface area contributed by atoms with Crippen LogP contribution in [-0.4, -0.2) is 4.92 Å². The average Bonchev–Trinajstić information content (AvgIpc) is 2.32. The normalized spacial score (nSPS) is 10.2. The number of aryl methyl sites for hydroxylation is 1. The molecular formula is C13H12FN3O2. The molecule has 5 nitrogen and oxygen atoms in total. The summed E-state index contributed by atoms with van der Waals surface area (Å²) in [5.41, 5.74) is 7.08. The molecule has 0 heterocycles. The SMILES string of the molecule is Cc1ccc(Nc2cc(N)cc([N+](=O)[O-])c2)c(F)c1. The number of rotatable bonds is 3. The molecule has 0 aromatic heterocycles. The van der Waals surface area contributed by atoms with Gasteiger partial charge in [-0.15, -0.1) is 0 Å². The van der Waals surface area contributed by atoms with Crippen LogP contribution in [0.4, 0.5) is 27.1 Å². The van der Waals surface area contributed by atoms with Gasteiger partial charge in [0.05, 0.1) is 10.6 Å². The van der Waals surface area contributed by atoms with Crippen LogP contribution in [0.15, 0.2) is 36.4 Å². The summed E-state index contributed by atoms with van der Waals surface area (Å²) < 4.78 is 13.7. The zero-order chi connectivity index (χ0) is 14.0. The number of hydrogen-bond acceptors (Lipinski definition) is 4. The standard InChI is InChI=1S/C13H12FN3O2/c1-8-2-3-13(12(14)4-8)16-10-5-9(15)6-11(7-10)17(18)19/h2-7,16H,15H2,1H3. The minimum Gasteiger partial charge on any atom is -0.398 e. The molecule has 0 aliphatic heterocycles. The van der Waals surface area contributed by atoms with E-state index in [0.717, 1.165) is 5.56 Å². The van der Waals surface area contributed by atoms with Gasteiger partial charge < -0.3 is 11.1 Å². The van der Waals surface area contributed by atoms with Crippen LogP contribution in [0.25, 0.3) is 0 Å². The van der Waals surface area contributed by atoms with Crippen molar-refractivity contribution >= 4 is 22.7 Å². The number of anilines is 3. The Morgan fingerprint density at radius 2 is 2.00 bits per heavy atom. The summed E-state index contributed by atoms with van der Waals surface area (Å²) in [4.78, 5) is 10.2. The van der Waals surface area contributed by atoms with Gasteiger partial charge in [0.15, 0.2) is 0 Å². The number of non-ortho nitro benzene ring substituents is 1. The van der Waals surface area contributed by atoms with Crippen molar-refractivity contribution < 1.29 is 9.31 Å². The monoisotopic (exact) mass is 261 g/mol. The first-order valence-corrected chi connectivity index (χ1v) is 5.54. The summed E-state index contributed by atoms with van der Waals surface area (Å²) >= 11 is 0. The second kappa shape index (κ2) is 4.93. The first-order valence-electron chi connectivity index (χ1n) is 5.54. The number of nitrogen functional groups attached to an aromatic ring is 1. The van der Waals surface area contributed by atoms with Gasteiger partial charge in [0, 0.05) is 23.5 Å². The topological polar surface area (TPSA) is 81.2 Å². The lowest BCUT2D eigenvalue weighted by Gasteiger charge is -2.09. The van der Waals surface area contributed by atoms with Gasteiger partial charge in [0.2, 0.25) is 0 Å². The Morgan fingerprint density at radius 1 is 1.26 bits per heavy atom. The van der Waals surface area contributed by atoms with Crippen molar-refractivity contribution in [1.29, 1.82) is 0 Å². The molecule has 0 amide bonds. The quantitative estimate of drug-likeness (QED) is 0.504. The lowest BCUT2D eigenvalue weighted by atomic mass is 10.2. The number of nitrogens with zero attached hydrogens (tertiary/aromatic N) is 1. The van der Waals surface area contributed by atoms with Crippen LogP contribution >= 0.6 is 0 Å². The zero-order valence-corrected chi connectivity index (χ0v) is 10.2. The number of nitro groups is 1. The largest absolute Gasteiger partial charge is 0.398 e. The molecule has 0 atom stereocenters. The Bertz CT molecular complexity index is 644. The number of hydrogen-bond donors (Lipinski definition) is 2. The molecule has 3 N–H and O–H groups in total. The second-order valence-corrected chi connectivity index (χ2v) is 4.18. The summed E-state index contributed by atoms with van der Waals surface area (Å²) in [6.07, 6.45) is 0. The molecule has 98 valence electrons. The summed E-state index contributed by atoms with van der Waals surface area (Å²) in [7, 11) is 0. The minimum atomic E-state index is -0.549. The lowest BCUT2D eigenvalue weighted by molar-refractivity contribution is -0.384. The first-order chi connectivity index (χ1) is 8.95. The van der Waals surface area contributed by atoms with Crippen molar-refractivity contribution in [2.75, 3.05) is 11.1 Å². The van der Waals surface area contributed by atoms with E-state index in [1.54, 1.807) is 19.1 Å². The summed E-state index contributed by atoms with van der Waals surface area (Å²) in [5.74, 6) is -0.426. The Labute approximate surface area is 109 Å². The first kappa shape index (κ1) is 12.8. The molecule has 0 fully saturated rings. The predicted molar refractivity (Wildman–Crippen MR) is 71.9 cm³/mol. The van der Waals surface area contributed by atoms with Crippen molar-refractivity contribution in [2.24, 2.45) is 0 Å². The number of nitrogens with one attached hydrogen (secondary N) is 1. The van der Waals surface area contributed by atoms with Crippen LogP contribution in [0.5, 0.6) is 0 Å². The van der Waals surface area contributed by atoms with E-state index in [1.807, 2.05) is 0 Å². The van der Waals surface area contributed by atoms with Crippen LogP contribution in [0.3, 0.4) is 0 Å². The Morgan fingerprint density at radius 3 is 2.63 bits per heavy atom. The Kier molecular flexibility index (Phi) is 3.33. The Balaban J connectivity index is 2.35. The molecule has 6 heteroatoms. The van der Waals surface area contributed by atoms with E-state index in [0.29, 0.717) is 5.69 Å². The molecule has 19 heavy (non-hydrogen) atoms. The number of nitro benzene ring substituents is 1. The van der Waals surface area contributed by atoms with E-state index < -0.39 is 10.7 Å². The molecule has 2 rings (SSSR count). The highest BCUT2D eigenvalue weighted by atomic mass is 19.1. The van der Waals surface area contributed by atoms with E-state index >= 15 is 0 Å². The molecule has 0 unspecified atom stereocenters. The number of nitrogens with two attached hydrogens (primary N) is 1. The molecule has 0 bridgehead atoms. The van der Waals surface area contributed by atoms with Gasteiger partial charge in [-0.1, -0.05) is 6.07 Å². The van der Waals surface area contributed by atoms with Gasteiger partial charge in [-0.25, -0.2) is 4.39 Å². The maximum atomic E-state index is 13.7. The third kappa shape index (κ3) is 2.98. The van der Waals surface area contributed by atoms with Crippen molar-refractivity contribution in [3.8, 4) is 0 Å². The highest BCUT2D eigenvalue weighted by Crippen LogP contribution is 2.26. The van der Waals surface area contributed by atoms with E-state index in [2.05, 4.69) is 5.32 Å². The van der Waals surface area contributed by atoms with Gasteiger partial charge >= 0.3 is 0 Å². The van der Waals surface area contributed by atoms with E-state index in [4.69, 9.17) is 5.73 Å². The fourth-order valence-electron chi connectivity index (χ4n) is 1.69. The average molecular weight is 261 g/mol.